The molecular formula is C13H15NO2. The van der Waals surface area contributed by atoms with Gasteiger partial charge in [0.1, 0.15) is 13.2 Å². The van der Waals surface area contributed by atoms with Gasteiger partial charge in [0.05, 0.1) is 0 Å². The topological polar surface area (TPSA) is 34.2 Å². The molecule has 0 aliphatic carbocycles. The van der Waals surface area contributed by atoms with E-state index in [9.17, 15) is 0 Å². The summed E-state index contributed by atoms with van der Waals surface area (Å²) in [6.45, 7) is 5.66. The van der Waals surface area contributed by atoms with Crippen molar-refractivity contribution in [2.75, 3.05) is 13.2 Å². The molecule has 1 N–H and O–H groups in total. The highest BCUT2D eigenvalue weighted by Crippen LogP contribution is 2.37. The van der Waals surface area contributed by atoms with E-state index in [0.717, 1.165) is 17.0 Å². The molecule has 1 aromatic heterocycles. The number of hydrogen-bond donors (Lipinski definition) is 1. The molecule has 0 fully saturated rings. The van der Waals surface area contributed by atoms with Gasteiger partial charge in [-0.3, -0.25) is 0 Å². The van der Waals surface area contributed by atoms with Crippen LogP contribution in [0.4, 0.5) is 0 Å². The van der Waals surface area contributed by atoms with Crippen molar-refractivity contribution in [3.05, 3.63) is 23.9 Å². The number of nitrogens with one attached hydrogen (secondary N) is 1. The molecule has 0 radical (unpaired) electrons. The third-order valence-electron chi connectivity index (χ3n) is 3.00. The smallest absolute Gasteiger partial charge is 0.163 e. The first-order valence-electron chi connectivity index (χ1n) is 5.66. The summed E-state index contributed by atoms with van der Waals surface area (Å²) in [6, 6.07) is 4.10. The second-order valence-electron chi connectivity index (χ2n) is 4.44. The summed E-state index contributed by atoms with van der Waals surface area (Å²) in [6.07, 6.45) is 2.07. The molecule has 1 aliphatic heterocycles. The van der Waals surface area contributed by atoms with Crippen LogP contribution < -0.4 is 9.47 Å². The van der Waals surface area contributed by atoms with Gasteiger partial charge in [0.15, 0.2) is 11.5 Å². The fraction of sp³-hybridized carbons (Fsp3) is 0.385. The molecule has 16 heavy (non-hydrogen) atoms. The highest BCUT2D eigenvalue weighted by molar-refractivity contribution is 5.87. The Labute approximate surface area is 94.4 Å². The van der Waals surface area contributed by atoms with Crippen LogP contribution in [0.5, 0.6) is 11.5 Å². The molecule has 0 atom stereocenters. The number of aromatic amines is 1. The number of ether oxygens (including phenoxy) is 2. The van der Waals surface area contributed by atoms with E-state index in [2.05, 4.69) is 31.1 Å². The first-order chi connectivity index (χ1) is 7.75. The zero-order valence-electron chi connectivity index (χ0n) is 9.54. The van der Waals surface area contributed by atoms with Gasteiger partial charge < -0.3 is 14.5 Å². The molecule has 0 amide bonds. The summed E-state index contributed by atoms with van der Waals surface area (Å²) in [4.78, 5) is 3.28. The molecule has 1 aliphatic rings. The van der Waals surface area contributed by atoms with Crippen LogP contribution in [0.2, 0.25) is 0 Å². The summed E-state index contributed by atoms with van der Waals surface area (Å²) in [7, 11) is 0. The van der Waals surface area contributed by atoms with Crippen LogP contribution in [0, 0.1) is 0 Å². The van der Waals surface area contributed by atoms with E-state index >= 15 is 0 Å². The van der Waals surface area contributed by atoms with Gasteiger partial charge in [-0.1, -0.05) is 13.8 Å². The lowest BCUT2D eigenvalue weighted by Gasteiger charge is -2.18. The van der Waals surface area contributed by atoms with Crippen LogP contribution in [0.1, 0.15) is 25.3 Å². The lowest BCUT2D eigenvalue weighted by atomic mass is 10.0. The van der Waals surface area contributed by atoms with E-state index in [4.69, 9.17) is 9.47 Å². The average molecular weight is 217 g/mol. The van der Waals surface area contributed by atoms with Gasteiger partial charge in [0.2, 0.25) is 0 Å². The highest BCUT2D eigenvalue weighted by Gasteiger charge is 2.15. The first kappa shape index (κ1) is 9.58. The second kappa shape index (κ2) is 3.44. The van der Waals surface area contributed by atoms with Crippen molar-refractivity contribution < 1.29 is 9.47 Å². The Morgan fingerprint density at radius 3 is 2.50 bits per heavy atom. The van der Waals surface area contributed by atoms with Gasteiger partial charge >= 0.3 is 0 Å². The number of aromatic nitrogens is 1. The molecule has 3 rings (SSSR count). The zero-order chi connectivity index (χ0) is 11.1. The molecule has 0 saturated carbocycles. The van der Waals surface area contributed by atoms with Crippen molar-refractivity contribution >= 4 is 10.9 Å². The van der Waals surface area contributed by atoms with Gasteiger partial charge in [-0.05, 0) is 17.5 Å². The van der Waals surface area contributed by atoms with Crippen LogP contribution in [0.3, 0.4) is 0 Å². The minimum Gasteiger partial charge on any atom is -0.486 e. The molecule has 2 aromatic rings. The van der Waals surface area contributed by atoms with Crippen LogP contribution in [-0.4, -0.2) is 18.2 Å². The van der Waals surface area contributed by atoms with E-state index in [1.165, 1.54) is 10.9 Å². The minimum atomic E-state index is 0.510. The first-order valence-corrected chi connectivity index (χ1v) is 5.66. The Bertz CT molecular complexity index is 528. The quantitative estimate of drug-likeness (QED) is 0.796. The van der Waals surface area contributed by atoms with Crippen LogP contribution in [-0.2, 0) is 0 Å². The highest BCUT2D eigenvalue weighted by atomic mass is 16.6. The third-order valence-corrected chi connectivity index (χ3v) is 3.00. The molecule has 84 valence electrons. The predicted molar refractivity (Wildman–Crippen MR) is 63.4 cm³/mol. The predicted octanol–water partition coefficient (Wildman–Crippen LogP) is 3.06. The SMILES string of the molecule is CC(C)c1c[nH]c2cc3c(cc12)OCCO3. The number of hydrogen-bond acceptors (Lipinski definition) is 2. The van der Waals surface area contributed by atoms with Crippen molar-refractivity contribution in [1.29, 1.82) is 0 Å². The van der Waals surface area contributed by atoms with E-state index in [1.54, 1.807) is 0 Å². The molecule has 3 heteroatoms. The Morgan fingerprint density at radius 2 is 1.81 bits per heavy atom. The van der Waals surface area contributed by atoms with Crippen LogP contribution in [0.15, 0.2) is 18.3 Å². The van der Waals surface area contributed by atoms with Gasteiger partial charge in [-0.25, -0.2) is 0 Å². The number of fused-ring (bicyclic) bond motifs is 2. The van der Waals surface area contributed by atoms with Crippen LogP contribution in [0.25, 0.3) is 10.9 Å². The van der Waals surface area contributed by atoms with E-state index in [1.807, 2.05) is 6.07 Å². The Balaban J connectivity index is 2.22. The summed E-state index contributed by atoms with van der Waals surface area (Å²) < 4.78 is 11.2. The minimum absolute atomic E-state index is 0.510. The van der Waals surface area contributed by atoms with Crippen molar-refractivity contribution in [3.63, 3.8) is 0 Å². The molecule has 0 saturated heterocycles. The summed E-state index contributed by atoms with van der Waals surface area (Å²) >= 11 is 0. The fourth-order valence-corrected chi connectivity index (χ4v) is 2.16. The molecular weight excluding hydrogens is 202 g/mol. The Kier molecular flexibility index (Phi) is 2.06. The lowest BCUT2D eigenvalue weighted by Crippen LogP contribution is -2.15. The maximum atomic E-state index is 5.60. The number of H-pyrrole nitrogens is 1. The third kappa shape index (κ3) is 1.35. The summed E-state index contributed by atoms with van der Waals surface area (Å²) in [5.74, 6) is 2.22. The van der Waals surface area contributed by atoms with Crippen molar-refractivity contribution in [3.8, 4) is 11.5 Å². The normalized spacial score (nSPS) is 14.7. The van der Waals surface area contributed by atoms with Gasteiger partial charge in [0, 0.05) is 23.2 Å². The average Bonchev–Trinajstić information content (AvgIpc) is 2.68. The van der Waals surface area contributed by atoms with E-state index < -0.39 is 0 Å². The second-order valence-corrected chi connectivity index (χ2v) is 4.44. The van der Waals surface area contributed by atoms with Gasteiger partial charge in [-0.2, -0.15) is 0 Å². The molecule has 0 spiro atoms. The number of rotatable bonds is 1. The summed E-state index contributed by atoms with van der Waals surface area (Å²) in [5, 5.41) is 1.24. The molecule has 2 heterocycles. The van der Waals surface area contributed by atoms with Crippen molar-refractivity contribution in [2.45, 2.75) is 19.8 Å². The fourth-order valence-electron chi connectivity index (χ4n) is 2.16. The van der Waals surface area contributed by atoms with Gasteiger partial charge in [-0.15, -0.1) is 0 Å². The molecule has 0 unspecified atom stereocenters. The monoisotopic (exact) mass is 217 g/mol. The Hall–Kier alpha value is -1.64. The van der Waals surface area contributed by atoms with E-state index in [0.29, 0.717) is 19.1 Å². The Morgan fingerprint density at radius 1 is 1.12 bits per heavy atom. The molecule has 1 aromatic carbocycles. The zero-order valence-corrected chi connectivity index (χ0v) is 9.54. The van der Waals surface area contributed by atoms with Crippen LogP contribution >= 0.6 is 0 Å². The van der Waals surface area contributed by atoms with Crippen molar-refractivity contribution in [1.82, 2.24) is 4.98 Å². The van der Waals surface area contributed by atoms with Crippen molar-refractivity contribution in [2.24, 2.45) is 0 Å². The molecule has 3 nitrogen and oxygen atoms in total. The maximum Gasteiger partial charge on any atom is 0.163 e. The van der Waals surface area contributed by atoms with E-state index in [-0.39, 0.29) is 0 Å². The van der Waals surface area contributed by atoms with Gasteiger partial charge in [0.25, 0.3) is 0 Å². The molecule has 0 bridgehead atoms. The summed E-state index contributed by atoms with van der Waals surface area (Å²) in [5.41, 5.74) is 2.44. The number of benzene rings is 1. The lowest BCUT2D eigenvalue weighted by molar-refractivity contribution is 0.172. The largest absolute Gasteiger partial charge is 0.486 e. The standard InChI is InChI=1S/C13H15NO2/c1-8(2)10-7-14-11-6-13-12(5-9(10)11)15-3-4-16-13/h5-8,14H,3-4H2,1-2H3. The maximum absolute atomic E-state index is 5.60.